The largest absolute Gasteiger partial charge is 0.468 e. The van der Waals surface area contributed by atoms with Gasteiger partial charge in [0.05, 0.1) is 20.8 Å². The van der Waals surface area contributed by atoms with E-state index in [4.69, 9.17) is 36.1 Å². The highest BCUT2D eigenvalue weighted by atomic mass is 16.5. The van der Waals surface area contributed by atoms with Crippen LogP contribution in [0.15, 0.2) is 83.6 Å². The summed E-state index contributed by atoms with van der Waals surface area (Å²) < 4.78 is 19.4. The number of allylic oxidation sites excluding steroid dienone is 11. The summed E-state index contributed by atoms with van der Waals surface area (Å²) in [7, 11) is 2.92. The smallest absolute Gasteiger partial charge is 0.333 e. The van der Waals surface area contributed by atoms with Crippen molar-refractivity contribution in [3.05, 3.63) is 83.6 Å². The lowest BCUT2D eigenvalue weighted by Crippen LogP contribution is -2.36. The first-order chi connectivity index (χ1) is 31.3. The maximum Gasteiger partial charge on any atom is 0.333 e. The number of hydrogen-bond donors (Lipinski definition) is 3. The number of fused-ring (bicyclic) bond motifs is 20. The molecule has 0 amide bonds. The molecule has 5 fully saturated rings. The van der Waals surface area contributed by atoms with Crippen LogP contribution in [-0.2, 0) is 38.1 Å². The van der Waals surface area contributed by atoms with Crippen molar-refractivity contribution in [2.45, 2.75) is 64.2 Å². The lowest BCUT2D eigenvalue weighted by molar-refractivity contribution is -0.137. The summed E-state index contributed by atoms with van der Waals surface area (Å²) in [6.07, 6.45) is 37.0. The zero-order valence-corrected chi connectivity index (χ0v) is 38.0. The molecule has 18 atom stereocenters. The van der Waals surface area contributed by atoms with Crippen LogP contribution in [0.4, 0.5) is 0 Å². The third kappa shape index (κ3) is 9.19. The van der Waals surface area contributed by atoms with E-state index in [0.717, 1.165) is 110 Å². The number of rotatable bonds is 12. The van der Waals surface area contributed by atoms with Crippen LogP contribution in [0.5, 0.6) is 0 Å². The molecule has 12 rings (SSSR count). The normalized spacial score (nSPS) is 40.8. The number of hydrogen-bond acceptors (Lipinski definition) is 11. The first kappa shape index (κ1) is 46.5. The predicted molar refractivity (Wildman–Crippen MR) is 245 cm³/mol. The molecule has 348 valence electrons. The number of esters is 2. The molecule has 0 aromatic rings. The van der Waals surface area contributed by atoms with Crippen molar-refractivity contribution in [2.75, 3.05) is 47.1 Å². The highest BCUT2D eigenvalue weighted by Crippen LogP contribution is 2.62. The van der Waals surface area contributed by atoms with Crippen molar-refractivity contribution in [2.24, 2.45) is 124 Å². The minimum Gasteiger partial charge on any atom is -0.468 e. The van der Waals surface area contributed by atoms with Crippen molar-refractivity contribution in [3.63, 3.8) is 0 Å². The second-order valence-corrected chi connectivity index (χ2v) is 20.4. The maximum atomic E-state index is 11.4. The molecule has 0 spiro atoms. The lowest BCUT2D eigenvalue weighted by Gasteiger charge is -2.37. The van der Waals surface area contributed by atoms with Crippen LogP contribution in [0.2, 0.25) is 0 Å². The van der Waals surface area contributed by atoms with Crippen LogP contribution in [0, 0.1) is 107 Å². The molecule has 8 bridgehead atoms. The molecule has 6 N–H and O–H groups in total. The predicted octanol–water partition coefficient (Wildman–Crippen LogP) is 6.66. The van der Waals surface area contributed by atoms with Crippen molar-refractivity contribution in [1.29, 1.82) is 0 Å². The van der Waals surface area contributed by atoms with Gasteiger partial charge in [0, 0.05) is 11.1 Å². The molecule has 0 aromatic heterocycles. The Balaban J connectivity index is 0.000000113. The Kier molecular flexibility index (Phi) is 15.3. The molecule has 0 saturated heterocycles. The first-order valence-electron chi connectivity index (χ1n) is 24.5. The zero-order chi connectivity index (χ0) is 44.9. The summed E-state index contributed by atoms with van der Waals surface area (Å²) in [5, 5.41) is 0. The molecule has 5 saturated carbocycles. The Hall–Kier alpha value is -4.06. The number of ether oxygens (including phenoxy) is 4. The van der Waals surface area contributed by atoms with Crippen LogP contribution in [0.25, 0.3) is 0 Å². The standard InChI is InChI=1S/C14H21NO2.3C12H14O2.C3H10N2/c15-5-4-11-12-6-13(14(11)7-17-8-16)10-3-1-2-9(10)12;2*1-14-12(13)9-5-10-7-2-3-8(4-7)11(10)6-9;13-7-14-6-9-4-8-5-12(9)11-3-1-2-10(8)11;4-2-1-3-5/h1-2,8-14H,3-7,15H2;2*2-3,5,7-8,10-11H,4,6H2,1H3;1-2,4,7-8,10-12H,3,5-6H2;1-5H2/t9?,10-,11?,12?,13+,14?;2*7?,8-,10?,11-;8?,10?,11-,12-;/m1001./s1. The first-order valence-corrected chi connectivity index (χ1v) is 24.5. The molecule has 11 heteroatoms. The van der Waals surface area contributed by atoms with E-state index in [0.29, 0.717) is 79.4 Å². The van der Waals surface area contributed by atoms with E-state index in [2.05, 4.69) is 66.8 Å². The molecule has 10 unspecified atom stereocenters. The summed E-state index contributed by atoms with van der Waals surface area (Å²) in [5.74, 6) is 12.7. The van der Waals surface area contributed by atoms with Gasteiger partial charge < -0.3 is 36.1 Å². The van der Waals surface area contributed by atoms with Crippen molar-refractivity contribution in [3.8, 4) is 0 Å². The van der Waals surface area contributed by atoms with Gasteiger partial charge in [-0.2, -0.15) is 0 Å². The molecule has 64 heavy (non-hydrogen) atoms. The minimum absolute atomic E-state index is 0.126. The van der Waals surface area contributed by atoms with Crippen LogP contribution in [-0.4, -0.2) is 72.0 Å². The van der Waals surface area contributed by atoms with Gasteiger partial charge in [-0.3, -0.25) is 9.59 Å². The van der Waals surface area contributed by atoms with E-state index in [1.54, 1.807) is 0 Å². The van der Waals surface area contributed by atoms with Gasteiger partial charge in [0.25, 0.3) is 12.9 Å². The van der Waals surface area contributed by atoms with Crippen molar-refractivity contribution < 1.29 is 38.1 Å². The molecule has 0 heterocycles. The molecule has 0 aliphatic heterocycles. The average molecular weight is 880 g/mol. The molecule has 11 nitrogen and oxygen atoms in total. The number of carbonyl (C=O) groups excluding carboxylic acids is 4. The van der Waals surface area contributed by atoms with Gasteiger partial charge in [0.2, 0.25) is 0 Å². The second kappa shape index (κ2) is 21.1. The van der Waals surface area contributed by atoms with E-state index in [1.807, 2.05) is 0 Å². The van der Waals surface area contributed by atoms with E-state index < -0.39 is 0 Å². The van der Waals surface area contributed by atoms with Gasteiger partial charge in [0.1, 0.15) is 6.61 Å². The monoisotopic (exact) mass is 880 g/mol. The molecular weight excluding hydrogens is 807 g/mol. The van der Waals surface area contributed by atoms with Crippen molar-refractivity contribution >= 4 is 24.9 Å². The number of carbonyl (C=O) groups is 4. The Labute approximate surface area is 380 Å². The van der Waals surface area contributed by atoms with E-state index in [-0.39, 0.29) is 11.9 Å². The van der Waals surface area contributed by atoms with Gasteiger partial charge in [-0.1, -0.05) is 66.8 Å². The fourth-order valence-electron chi connectivity index (χ4n) is 15.2. The summed E-state index contributed by atoms with van der Waals surface area (Å²) >= 11 is 0. The molecule has 12 aliphatic carbocycles. The average Bonchev–Trinajstić information content (AvgIpc) is 4.15. The van der Waals surface area contributed by atoms with Gasteiger partial charge in [-0.05, 0) is 196 Å². The number of methoxy groups -OCH3 is 2. The van der Waals surface area contributed by atoms with Gasteiger partial charge in [-0.15, -0.1) is 0 Å². The molecule has 12 aliphatic rings. The minimum atomic E-state index is -0.126. The quantitative estimate of drug-likeness (QED) is 0.0825. The summed E-state index contributed by atoms with van der Waals surface area (Å²) in [6.45, 7) is 4.47. The lowest BCUT2D eigenvalue weighted by atomic mass is 9.68. The van der Waals surface area contributed by atoms with Crippen LogP contribution in [0.3, 0.4) is 0 Å². The third-order valence-corrected chi connectivity index (χ3v) is 17.8. The highest BCUT2D eigenvalue weighted by Gasteiger charge is 2.57. The van der Waals surface area contributed by atoms with E-state index in [9.17, 15) is 19.2 Å². The van der Waals surface area contributed by atoms with Gasteiger partial charge >= 0.3 is 11.9 Å². The Morgan fingerprint density at radius 2 is 1.16 bits per heavy atom. The second-order valence-electron chi connectivity index (χ2n) is 20.4. The van der Waals surface area contributed by atoms with E-state index >= 15 is 0 Å². The molecular formula is C53H73N3O8. The Bertz CT molecular complexity index is 1850. The molecule has 0 radical (unpaired) electrons. The molecule has 0 aromatic carbocycles. The highest BCUT2D eigenvalue weighted by molar-refractivity contribution is 5.89. The van der Waals surface area contributed by atoms with E-state index in [1.165, 1.54) is 58.3 Å². The Morgan fingerprint density at radius 1 is 0.578 bits per heavy atom. The van der Waals surface area contributed by atoms with Crippen LogP contribution < -0.4 is 17.2 Å². The van der Waals surface area contributed by atoms with Crippen LogP contribution in [0.1, 0.15) is 64.2 Å². The fraction of sp³-hybridized carbons (Fsp3) is 0.660. The summed E-state index contributed by atoms with van der Waals surface area (Å²) in [5.41, 5.74) is 19.0. The third-order valence-electron chi connectivity index (χ3n) is 17.8. The van der Waals surface area contributed by atoms with Crippen LogP contribution >= 0.6 is 0 Å². The topological polar surface area (TPSA) is 183 Å². The van der Waals surface area contributed by atoms with Crippen molar-refractivity contribution in [1.82, 2.24) is 0 Å². The fourth-order valence-corrected chi connectivity index (χ4v) is 15.2. The van der Waals surface area contributed by atoms with Gasteiger partial charge in [0.15, 0.2) is 0 Å². The maximum absolute atomic E-state index is 11.4. The summed E-state index contributed by atoms with van der Waals surface area (Å²) in [6, 6.07) is 0. The Morgan fingerprint density at radius 3 is 1.69 bits per heavy atom. The SMILES string of the molecule is COC(=O)C1=CC2C3C=C[C@@H](C3)[C@@H]2C1.COC(=O)C1=CC2C3C=C[C@@H](C3)[C@@H]2C1.NCCC1C2C[C@H](C1COC=O)[C@@H]1CC=CC21.NCCCN.O=COCC1=CC2C[C@H]1[C@@H]1CC=CC21. The van der Waals surface area contributed by atoms with Gasteiger partial charge in [-0.25, -0.2) is 9.59 Å². The summed E-state index contributed by atoms with van der Waals surface area (Å²) in [4.78, 5) is 43.3. The number of nitrogens with two attached hydrogens (primary N) is 3. The zero-order valence-electron chi connectivity index (χ0n) is 38.0.